The first-order valence-corrected chi connectivity index (χ1v) is 6.99. The minimum Gasteiger partial charge on any atom is -0.368 e. The number of amides is 1. The number of hydrogen-bond acceptors (Lipinski definition) is 3. The second-order valence-corrected chi connectivity index (χ2v) is 5.46. The van der Waals surface area contributed by atoms with E-state index >= 15 is 0 Å². The fourth-order valence-corrected chi connectivity index (χ4v) is 2.91. The van der Waals surface area contributed by atoms with E-state index in [1.165, 1.54) is 16.6 Å². The number of hydrogen-bond donors (Lipinski definition) is 0. The Labute approximate surface area is 118 Å². The molecule has 5 nitrogen and oxygen atoms in total. The summed E-state index contributed by atoms with van der Waals surface area (Å²) in [4.78, 5) is 15.7. The second-order valence-electron chi connectivity index (χ2n) is 5.46. The summed E-state index contributed by atoms with van der Waals surface area (Å²) in [5, 5.41) is 5.48. The first-order chi connectivity index (χ1) is 9.56. The number of aromatic nitrogens is 2. The maximum Gasteiger partial charge on any atom is 0.219 e. The van der Waals surface area contributed by atoms with Crippen LogP contribution in [0.2, 0.25) is 0 Å². The minimum atomic E-state index is 0.170. The van der Waals surface area contributed by atoms with Crippen molar-refractivity contribution in [2.24, 2.45) is 7.05 Å². The van der Waals surface area contributed by atoms with Crippen molar-refractivity contribution in [2.45, 2.75) is 13.8 Å². The summed E-state index contributed by atoms with van der Waals surface area (Å²) in [6.45, 7) is 7.17. The standard InChI is InChI=1S/C15H20N4O/c1-11-8-13-10-16-17(3)15(13)9-14(11)19-6-4-18(5-7-19)12(2)20/h8-10H,4-7H2,1-3H3. The first kappa shape index (κ1) is 13.0. The van der Waals surface area contributed by atoms with Crippen LogP contribution in [-0.4, -0.2) is 46.8 Å². The predicted molar refractivity (Wildman–Crippen MR) is 79.9 cm³/mol. The van der Waals surface area contributed by atoms with Crippen molar-refractivity contribution >= 4 is 22.5 Å². The molecule has 1 aromatic heterocycles. The molecule has 0 aliphatic carbocycles. The Morgan fingerprint density at radius 1 is 1.20 bits per heavy atom. The van der Waals surface area contributed by atoms with Crippen molar-refractivity contribution in [3.05, 3.63) is 23.9 Å². The van der Waals surface area contributed by atoms with Crippen molar-refractivity contribution in [3.63, 3.8) is 0 Å². The third kappa shape index (κ3) is 2.13. The molecule has 1 amide bonds. The molecule has 0 spiro atoms. The van der Waals surface area contributed by atoms with Crippen LogP contribution < -0.4 is 4.90 Å². The lowest BCUT2D eigenvalue weighted by Gasteiger charge is -2.36. The van der Waals surface area contributed by atoms with E-state index in [-0.39, 0.29) is 5.91 Å². The van der Waals surface area contributed by atoms with Crippen LogP contribution in [0.1, 0.15) is 12.5 Å². The van der Waals surface area contributed by atoms with Gasteiger partial charge in [0.2, 0.25) is 5.91 Å². The number of piperazine rings is 1. The van der Waals surface area contributed by atoms with E-state index in [1.807, 2.05) is 22.8 Å². The van der Waals surface area contributed by atoms with Gasteiger partial charge >= 0.3 is 0 Å². The number of carbonyl (C=O) groups excluding carboxylic acids is 1. The molecule has 20 heavy (non-hydrogen) atoms. The number of aryl methyl sites for hydroxylation is 2. The van der Waals surface area contributed by atoms with Crippen molar-refractivity contribution in [3.8, 4) is 0 Å². The highest BCUT2D eigenvalue weighted by molar-refractivity contribution is 5.84. The molecule has 106 valence electrons. The van der Waals surface area contributed by atoms with E-state index in [9.17, 15) is 4.79 Å². The topological polar surface area (TPSA) is 41.4 Å². The molecule has 2 aromatic rings. The van der Waals surface area contributed by atoms with Crippen LogP contribution in [0.3, 0.4) is 0 Å². The third-order valence-electron chi connectivity index (χ3n) is 4.13. The molecule has 0 atom stereocenters. The van der Waals surface area contributed by atoms with Crippen molar-refractivity contribution in [1.82, 2.24) is 14.7 Å². The third-order valence-corrected chi connectivity index (χ3v) is 4.13. The Morgan fingerprint density at radius 2 is 1.90 bits per heavy atom. The average Bonchev–Trinajstić information content (AvgIpc) is 2.79. The number of benzene rings is 1. The molecule has 0 unspecified atom stereocenters. The van der Waals surface area contributed by atoms with Crippen LogP contribution in [0.4, 0.5) is 5.69 Å². The number of fused-ring (bicyclic) bond motifs is 1. The Bertz CT molecular complexity index is 653. The summed E-state index contributed by atoms with van der Waals surface area (Å²) in [5.41, 5.74) is 3.67. The monoisotopic (exact) mass is 272 g/mol. The zero-order valence-electron chi connectivity index (χ0n) is 12.3. The fraction of sp³-hybridized carbons (Fsp3) is 0.467. The molecule has 0 radical (unpaired) electrons. The van der Waals surface area contributed by atoms with Gasteiger partial charge in [-0.25, -0.2) is 0 Å². The highest BCUT2D eigenvalue weighted by atomic mass is 16.2. The minimum absolute atomic E-state index is 0.170. The summed E-state index contributed by atoms with van der Waals surface area (Å²) in [5.74, 6) is 0.170. The molecule has 2 heterocycles. The summed E-state index contributed by atoms with van der Waals surface area (Å²) in [7, 11) is 1.97. The first-order valence-electron chi connectivity index (χ1n) is 6.99. The SMILES string of the molecule is CC(=O)N1CCN(c2cc3c(cnn3C)cc2C)CC1. The van der Waals surface area contributed by atoms with Gasteiger partial charge in [-0.2, -0.15) is 5.10 Å². The molecule has 1 aliphatic rings. The predicted octanol–water partition coefficient (Wildman–Crippen LogP) is 1.55. The van der Waals surface area contributed by atoms with Gasteiger partial charge in [0.15, 0.2) is 0 Å². The lowest BCUT2D eigenvalue weighted by atomic mass is 10.1. The molecule has 1 fully saturated rings. The lowest BCUT2D eigenvalue weighted by Crippen LogP contribution is -2.48. The highest BCUT2D eigenvalue weighted by Gasteiger charge is 2.20. The van der Waals surface area contributed by atoms with Crippen LogP contribution >= 0.6 is 0 Å². The molecular weight excluding hydrogens is 252 g/mol. The average molecular weight is 272 g/mol. The molecule has 3 rings (SSSR count). The Morgan fingerprint density at radius 3 is 2.55 bits per heavy atom. The van der Waals surface area contributed by atoms with Crippen LogP contribution in [0.15, 0.2) is 18.3 Å². The summed E-state index contributed by atoms with van der Waals surface area (Å²) in [6.07, 6.45) is 1.90. The molecule has 0 N–H and O–H groups in total. The van der Waals surface area contributed by atoms with Crippen LogP contribution in [0, 0.1) is 6.92 Å². The molecular formula is C15H20N4O. The molecule has 5 heteroatoms. The zero-order chi connectivity index (χ0) is 14.3. The molecule has 1 aliphatic heterocycles. The summed E-state index contributed by atoms with van der Waals surface area (Å²) >= 11 is 0. The quantitative estimate of drug-likeness (QED) is 0.791. The smallest absolute Gasteiger partial charge is 0.219 e. The van der Waals surface area contributed by atoms with Gasteiger partial charge in [0.25, 0.3) is 0 Å². The maximum atomic E-state index is 11.4. The van der Waals surface area contributed by atoms with Crippen LogP contribution in [0.5, 0.6) is 0 Å². The normalized spacial score (nSPS) is 15.9. The van der Waals surface area contributed by atoms with Gasteiger partial charge in [0.05, 0.1) is 11.7 Å². The highest BCUT2D eigenvalue weighted by Crippen LogP contribution is 2.27. The lowest BCUT2D eigenvalue weighted by molar-refractivity contribution is -0.129. The van der Waals surface area contributed by atoms with E-state index in [4.69, 9.17) is 0 Å². The van der Waals surface area contributed by atoms with Gasteiger partial charge in [-0.1, -0.05) is 0 Å². The maximum absolute atomic E-state index is 11.4. The van der Waals surface area contributed by atoms with Crippen molar-refractivity contribution < 1.29 is 4.79 Å². The molecule has 1 aromatic carbocycles. The van der Waals surface area contributed by atoms with Gasteiger partial charge in [-0.15, -0.1) is 0 Å². The van der Waals surface area contributed by atoms with Gasteiger partial charge in [0, 0.05) is 51.2 Å². The van der Waals surface area contributed by atoms with E-state index in [2.05, 4.69) is 29.1 Å². The summed E-state index contributed by atoms with van der Waals surface area (Å²) < 4.78 is 1.91. The Hall–Kier alpha value is -2.04. The van der Waals surface area contributed by atoms with Crippen molar-refractivity contribution in [2.75, 3.05) is 31.1 Å². The van der Waals surface area contributed by atoms with E-state index in [0.29, 0.717) is 0 Å². The zero-order valence-corrected chi connectivity index (χ0v) is 12.3. The van der Waals surface area contributed by atoms with Crippen LogP contribution in [0.25, 0.3) is 10.9 Å². The van der Waals surface area contributed by atoms with Gasteiger partial charge < -0.3 is 9.80 Å². The number of nitrogens with zero attached hydrogens (tertiary/aromatic N) is 4. The largest absolute Gasteiger partial charge is 0.368 e. The fourth-order valence-electron chi connectivity index (χ4n) is 2.91. The second kappa shape index (κ2) is 4.81. The van der Waals surface area contributed by atoms with Gasteiger partial charge in [0.1, 0.15) is 0 Å². The van der Waals surface area contributed by atoms with Crippen molar-refractivity contribution in [1.29, 1.82) is 0 Å². The number of anilines is 1. The van der Waals surface area contributed by atoms with Gasteiger partial charge in [-0.3, -0.25) is 9.48 Å². The van der Waals surface area contributed by atoms with Crippen LogP contribution in [-0.2, 0) is 11.8 Å². The van der Waals surface area contributed by atoms with E-state index in [0.717, 1.165) is 31.7 Å². The Kier molecular flexibility index (Phi) is 3.12. The number of carbonyl (C=O) groups is 1. The van der Waals surface area contributed by atoms with E-state index in [1.54, 1.807) is 6.92 Å². The molecule has 0 bridgehead atoms. The molecule has 1 saturated heterocycles. The number of rotatable bonds is 1. The van der Waals surface area contributed by atoms with E-state index < -0.39 is 0 Å². The summed E-state index contributed by atoms with van der Waals surface area (Å²) in [6, 6.07) is 4.40. The Balaban J connectivity index is 1.89. The molecule has 0 saturated carbocycles. The van der Waals surface area contributed by atoms with Gasteiger partial charge in [-0.05, 0) is 24.6 Å².